The molecule has 0 spiro atoms. The van der Waals surface area contributed by atoms with Gasteiger partial charge >= 0.3 is 0 Å². The van der Waals surface area contributed by atoms with E-state index < -0.39 is 11.4 Å². The van der Waals surface area contributed by atoms with Crippen molar-refractivity contribution in [2.75, 3.05) is 11.9 Å². The fraction of sp³-hybridized carbons (Fsp3) is 0.417. The van der Waals surface area contributed by atoms with Gasteiger partial charge in [0.15, 0.2) is 0 Å². The summed E-state index contributed by atoms with van der Waals surface area (Å²) in [5.74, 6) is -0.628. The Morgan fingerprint density at radius 2 is 2.35 bits per heavy atom. The van der Waals surface area contributed by atoms with Crippen molar-refractivity contribution in [1.82, 2.24) is 0 Å². The zero-order valence-corrected chi connectivity index (χ0v) is 11.0. The second-order valence-corrected chi connectivity index (χ2v) is 5.12. The van der Waals surface area contributed by atoms with Crippen LogP contribution >= 0.6 is 15.9 Å². The molecule has 0 bridgehead atoms. The lowest BCUT2D eigenvalue weighted by Gasteiger charge is -2.21. The third-order valence-corrected chi connectivity index (χ3v) is 3.52. The maximum absolute atomic E-state index is 13.3. The van der Waals surface area contributed by atoms with Crippen molar-refractivity contribution in [3.05, 3.63) is 28.5 Å². The van der Waals surface area contributed by atoms with E-state index in [0.29, 0.717) is 23.2 Å². The van der Waals surface area contributed by atoms with E-state index in [9.17, 15) is 9.18 Å². The summed E-state index contributed by atoms with van der Waals surface area (Å²) in [5.41, 5.74) is -0.351. The number of carbonyl (C=O) groups excluding carboxylic acids is 1. The summed E-state index contributed by atoms with van der Waals surface area (Å²) < 4.78 is 19.1. The quantitative estimate of drug-likeness (QED) is 0.911. The Morgan fingerprint density at radius 1 is 1.59 bits per heavy atom. The molecule has 0 saturated carbocycles. The Labute approximate surface area is 107 Å². The average molecular weight is 302 g/mol. The smallest absolute Gasteiger partial charge is 0.256 e. The van der Waals surface area contributed by atoms with Gasteiger partial charge in [0.1, 0.15) is 11.4 Å². The van der Waals surface area contributed by atoms with Crippen LogP contribution in [-0.2, 0) is 9.53 Å². The van der Waals surface area contributed by atoms with Crippen LogP contribution in [0.5, 0.6) is 0 Å². The first-order valence-electron chi connectivity index (χ1n) is 5.42. The molecule has 1 unspecified atom stereocenters. The molecule has 1 aromatic carbocycles. The Bertz CT molecular complexity index is 444. The van der Waals surface area contributed by atoms with Crippen molar-refractivity contribution < 1.29 is 13.9 Å². The minimum absolute atomic E-state index is 0.225. The highest BCUT2D eigenvalue weighted by Crippen LogP contribution is 2.27. The molecule has 1 fully saturated rings. The van der Waals surface area contributed by atoms with Crippen molar-refractivity contribution in [3.8, 4) is 0 Å². The number of rotatable bonds is 2. The van der Waals surface area contributed by atoms with Gasteiger partial charge in [0.25, 0.3) is 5.91 Å². The molecule has 1 N–H and O–H groups in total. The molecular formula is C12H13BrFNO2. The van der Waals surface area contributed by atoms with Crippen molar-refractivity contribution >= 4 is 27.5 Å². The van der Waals surface area contributed by atoms with Crippen molar-refractivity contribution in [2.45, 2.75) is 25.4 Å². The fourth-order valence-corrected chi connectivity index (χ4v) is 2.04. The third kappa shape index (κ3) is 2.66. The van der Waals surface area contributed by atoms with Crippen LogP contribution in [0.2, 0.25) is 0 Å². The van der Waals surface area contributed by atoms with Crippen LogP contribution in [0.25, 0.3) is 0 Å². The van der Waals surface area contributed by atoms with Crippen LogP contribution < -0.4 is 5.32 Å². The molecule has 1 aromatic rings. The zero-order valence-electron chi connectivity index (χ0n) is 9.43. The lowest BCUT2D eigenvalue weighted by molar-refractivity contribution is -0.133. The zero-order chi connectivity index (χ0) is 12.5. The number of nitrogens with one attached hydrogen (secondary N) is 1. The van der Waals surface area contributed by atoms with E-state index in [1.165, 1.54) is 6.07 Å². The monoisotopic (exact) mass is 301 g/mol. The van der Waals surface area contributed by atoms with E-state index in [0.717, 1.165) is 6.42 Å². The maximum Gasteiger partial charge on any atom is 0.256 e. The Kier molecular flexibility index (Phi) is 3.49. The molecule has 1 saturated heterocycles. The predicted octanol–water partition coefficient (Wildman–Crippen LogP) is 3.10. The predicted molar refractivity (Wildman–Crippen MR) is 66.3 cm³/mol. The van der Waals surface area contributed by atoms with Crippen molar-refractivity contribution in [2.24, 2.45) is 0 Å². The highest BCUT2D eigenvalue weighted by molar-refractivity contribution is 9.10. The van der Waals surface area contributed by atoms with Gasteiger partial charge in [0.05, 0.1) is 4.47 Å². The molecule has 17 heavy (non-hydrogen) atoms. The van der Waals surface area contributed by atoms with E-state index in [4.69, 9.17) is 4.74 Å². The summed E-state index contributed by atoms with van der Waals surface area (Å²) in [7, 11) is 0. The van der Waals surface area contributed by atoms with Crippen molar-refractivity contribution in [3.63, 3.8) is 0 Å². The second-order valence-electron chi connectivity index (χ2n) is 4.27. The molecule has 2 rings (SSSR count). The normalized spacial score (nSPS) is 23.7. The molecule has 1 aliphatic heterocycles. The molecule has 0 radical (unpaired) electrons. The first-order chi connectivity index (χ1) is 8.01. The first kappa shape index (κ1) is 12.5. The van der Waals surface area contributed by atoms with Gasteiger partial charge in [-0.15, -0.1) is 0 Å². The Hall–Kier alpha value is -0.940. The summed E-state index contributed by atoms with van der Waals surface area (Å²) >= 11 is 3.06. The van der Waals surface area contributed by atoms with E-state index in [-0.39, 0.29) is 5.91 Å². The number of hydrogen-bond acceptors (Lipinski definition) is 2. The minimum atomic E-state index is -0.788. The van der Waals surface area contributed by atoms with Crippen LogP contribution in [0.4, 0.5) is 10.1 Å². The summed E-state index contributed by atoms with van der Waals surface area (Å²) in [6, 6.07) is 4.48. The molecule has 0 aromatic heterocycles. The lowest BCUT2D eigenvalue weighted by Crippen LogP contribution is -2.39. The average Bonchev–Trinajstić information content (AvgIpc) is 2.72. The molecule has 5 heteroatoms. The minimum Gasteiger partial charge on any atom is -0.365 e. The number of carbonyl (C=O) groups is 1. The number of anilines is 1. The van der Waals surface area contributed by atoms with Crippen LogP contribution in [0, 0.1) is 5.82 Å². The van der Waals surface area contributed by atoms with Gasteiger partial charge in [0.2, 0.25) is 0 Å². The topological polar surface area (TPSA) is 38.3 Å². The number of halogens is 2. The van der Waals surface area contributed by atoms with E-state index in [1.807, 2.05) is 0 Å². The van der Waals surface area contributed by atoms with Gasteiger partial charge in [-0.25, -0.2) is 4.39 Å². The summed E-state index contributed by atoms with van der Waals surface area (Å²) in [5, 5.41) is 2.67. The molecule has 92 valence electrons. The highest BCUT2D eigenvalue weighted by atomic mass is 79.9. The van der Waals surface area contributed by atoms with Crippen LogP contribution in [0.1, 0.15) is 19.8 Å². The van der Waals surface area contributed by atoms with Crippen LogP contribution in [0.15, 0.2) is 22.7 Å². The molecular weight excluding hydrogens is 289 g/mol. The largest absolute Gasteiger partial charge is 0.365 e. The molecule has 1 aliphatic rings. The van der Waals surface area contributed by atoms with E-state index in [1.54, 1.807) is 19.1 Å². The van der Waals surface area contributed by atoms with Gasteiger partial charge in [-0.3, -0.25) is 4.79 Å². The van der Waals surface area contributed by atoms with Gasteiger partial charge in [-0.2, -0.15) is 0 Å². The number of ether oxygens (including phenoxy) is 1. The Morgan fingerprint density at radius 3 is 2.94 bits per heavy atom. The molecule has 1 atom stereocenters. The van der Waals surface area contributed by atoms with E-state index >= 15 is 0 Å². The van der Waals surface area contributed by atoms with E-state index in [2.05, 4.69) is 21.2 Å². The molecule has 1 heterocycles. The highest BCUT2D eigenvalue weighted by Gasteiger charge is 2.37. The number of hydrogen-bond donors (Lipinski definition) is 1. The van der Waals surface area contributed by atoms with Crippen LogP contribution in [0.3, 0.4) is 0 Å². The van der Waals surface area contributed by atoms with Gasteiger partial charge in [-0.05, 0) is 53.9 Å². The van der Waals surface area contributed by atoms with Crippen molar-refractivity contribution in [1.29, 1.82) is 0 Å². The van der Waals surface area contributed by atoms with Crippen LogP contribution in [-0.4, -0.2) is 18.1 Å². The number of benzene rings is 1. The lowest BCUT2D eigenvalue weighted by atomic mass is 10.0. The standard InChI is InChI=1S/C12H13BrFNO2/c1-12(5-2-6-17-12)11(16)15-8-3-4-9(13)10(14)7-8/h3-4,7H,2,5-6H2,1H3,(H,15,16). The first-order valence-corrected chi connectivity index (χ1v) is 6.21. The summed E-state index contributed by atoms with van der Waals surface area (Å²) in [4.78, 5) is 12.0. The van der Waals surface area contributed by atoms with Gasteiger partial charge in [-0.1, -0.05) is 0 Å². The fourth-order valence-electron chi connectivity index (χ4n) is 1.80. The molecule has 1 amide bonds. The third-order valence-electron chi connectivity index (χ3n) is 2.88. The Balaban J connectivity index is 2.10. The van der Waals surface area contributed by atoms with Gasteiger partial charge in [0, 0.05) is 12.3 Å². The summed E-state index contributed by atoms with van der Waals surface area (Å²) in [6.07, 6.45) is 1.57. The van der Waals surface area contributed by atoms with Gasteiger partial charge < -0.3 is 10.1 Å². The molecule has 3 nitrogen and oxygen atoms in total. The molecule has 0 aliphatic carbocycles. The SMILES string of the molecule is CC1(C(=O)Nc2ccc(Br)c(F)c2)CCCO1. The summed E-state index contributed by atoms with van der Waals surface area (Å²) in [6.45, 7) is 2.35. The number of amides is 1. The maximum atomic E-state index is 13.3. The second kappa shape index (κ2) is 4.74.